The van der Waals surface area contributed by atoms with Crippen molar-refractivity contribution in [3.63, 3.8) is 0 Å². The van der Waals surface area contributed by atoms with Crippen LogP contribution in [0.1, 0.15) is 19.3 Å². The number of carboxylic acid groups (broad SMARTS) is 1. The maximum Gasteiger partial charge on any atom is 0.332 e. The quantitative estimate of drug-likeness (QED) is 0.551. The third-order valence-electron chi connectivity index (χ3n) is 2.18. The predicted molar refractivity (Wildman–Crippen MR) is 43.2 cm³/mol. The van der Waals surface area contributed by atoms with Gasteiger partial charge in [-0.2, -0.15) is 0 Å². The van der Waals surface area contributed by atoms with E-state index in [0.717, 1.165) is 0 Å². The van der Waals surface area contributed by atoms with E-state index >= 15 is 0 Å². The van der Waals surface area contributed by atoms with Gasteiger partial charge in [-0.05, 0) is 19.3 Å². The second-order valence-electron chi connectivity index (χ2n) is 3.16. The zero-order valence-electron chi connectivity index (χ0n) is 7.22. The molecule has 0 aromatic rings. The first-order valence-electron chi connectivity index (χ1n) is 4.32. The molecule has 0 aliphatic carbocycles. The van der Waals surface area contributed by atoms with Gasteiger partial charge in [-0.3, -0.25) is 0 Å². The van der Waals surface area contributed by atoms with Crippen molar-refractivity contribution in [3.8, 4) is 0 Å². The van der Waals surface area contributed by atoms with E-state index < -0.39 is 24.3 Å². The topological polar surface area (TPSA) is 87.0 Å². The minimum Gasteiger partial charge on any atom is -0.479 e. The number of rotatable bonds is 3. The average Bonchev–Trinajstić information content (AvgIpc) is 2.08. The molecule has 5 nitrogen and oxygen atoms in total. The van der Waals surface area contributed by atoms with Crippen LogP contribution in [0, 0.1) is 0 Å². The molecule has 0 radical (unpaired) electrons. The molecule has 0 bridgehead atoms. The molecule has 3 N–H and O–H groups in total. The molecule has 13 heavy (non-hydrogen) atoms. The Morgan fingerprint density at radius 3 is 2.69 bits per heavy atom. The lowest BCUT2D eigenvalue weighted by molar-refractivity contribution is -0.171. The number of hydrogen-bond acceptors (Lipinski definition) is 4. The van der Waals surface area contributed by atoms with Crippen molar-refractivity contribution in [2.45, 2.75) is 37.6 Å². The zero-order valence-corrected chi connectivity index (χ0v) is 7.22. The fourth-order valence-corrected chi connectivity index (χ4v) is 1.45. The molecule has 1 fully saturated rings. The summed E-state index contributed by atoms with van der Waals surface area (Å²) in [6.45, 7) is -0.103. The van der Waals surface area contributed by atoms with Crippen LogP contribution in [0.3, 0.4) is 0 Å². The molecule has 1 rings (SSSR count). The monoisotopic (exact) mass is 190 g/mol. The highest BCUT2D eigenvalue weighted by Crippen LogP contribution is 2.21. The van der Waals surface area contributed by atoms with Crippen molar-refractivity contribution in [1.29, 1.82) is 0 Å². The summed E-state index contributed by atoms with van der Waals surface area (Å²) in [5, 5.41) is 26.6. The van der Waals surface area contributed by atoms with Gasteiger partial charge in [-0.15, -0.1) is 0 Å². The van der Waals surface area contributed by atoms with Crippen molar-refractivity contribution in [1.82, 2.24) is 0 Å². The Bertz CT molecular complexity index is 181. The molecule has 3 atom stereocenters. The Morgan fingerprint density at radius 1 is 1.46 bits per heavy atom. The smallest absolute Gasteiger partial charge is 0.332 e. The largest absolute Gasteiger partial charge is 0.479 e. The van der Waals surface area contributed by atoms with Gasteiger partial charge in [-0.1, -0.05) is 0 Å². The number of aliphatic hydroxyl groups is 2. The van der Waals surface area contributed by atoms with Gasteiger partial charge < -0.3 is 20.1 Å². The normalized spacial score (nSPS) is 34.5. The average molecular weight is 190 g/mol. The summed E-state index contributed by atoms with van der Waals surface area (Å²) < 4.78 is 5.09. The van der Waals surface area contributed by atoms with Gasteiger partial charge in [0.1, 0.15) is 0 Å². The Balaban J connectivity index is 2.47. The molecule has 3 unspecified atom stereocenters. The van der Waals surface area contributed by atoms with Gasteiger partial charge >= 0.3 is 5.97 Å². The molecule has 0 saturated carbocycles. The number of carboxylic acids is 1. The van der Waals surface area contributed by atoms with Gasteiger partial charge in [0.25, 0.3) is 0 Å². The summed E-state index contributed by atoms with van der Waals surface area (Å²) in [6.07, 6.45) is -0.993. The van der Waals surface area contributed by atoms with Crippen molar-refractivity contribution in [2.24, 2.45) is 0 Å². The van der Waals surface area contributed by atoms with Crippen LogP contribution in [0.5, 0.6) is 0 Å². The maximum absolute atomic E-state index is 10.5. The number of hydrogen-bond donors (Lipinski definition) is 3. The molecule has 1 heterocycles. The van der Waals surface area contributed by atoms with Crippen LogP contribution >= 0.6 is 0 Å². The van der Waals surface area contributed by atoms with E-state index in [-0.39, 0.29) is 13.0 Å². The van der Waals surface area contributed by atoms with E-state index in [9.17, 15) is 9.90 Å². The van der Waals surface area contributed by atoms with Gasteiger partial charge in [0.05, 0.1) is 12.2 Å². The van der Waals surface area contributed by atoms with Gasteiger partial charge in [-0.25, -0.2) is 4.79 Å². The Hall–Kier alpha value is -0.650. The molecule has 1 aliphatic heterocycles. The molecule has 76 valence electrons. The zero-order chi connectivity index (χ0) is 9.84. The second kappa shape index (κ2) is 4.55. The first kappa shape index (κ1) is 10.4. The van der Waals surface area contributed by atoms with E-state index in [2.05, 4.69) is 0 Å². The summed E-state index contributed by atoms with van der Waals surface area (Å²) in [6, 6.07) is 0. The number of carbonyl (C=O) groups is 1. The lowest BCUT2D eigenvalue weighted by atomic mass is 9.99. The minimum atomic E-state index is -1.00. The lowest BCUT2D eigenvalue weighted by Crippen LogP contribution is -2.42. The van der Waals surface area contributed by atoms with Crippen LogP contribution in [-0.2, 0) is 9.53 Å². The van der Waals surface area contributed by atoms with Crippen LogP contribution in [-0.4, -0.2) is 46.2 Å². The molecule has 1 aliphatic rings. The summed E-state index contributed by atoms with van der Waals surface area (Å²) in [5.74, 6) is -1.00. The molecule has 0 amide bonds. The first-order chi connectivity index (χ1) is 6.15. The summed E-state index contributed by atoms with van der Waals surface area (Å²) in [4.78, 5) is 10.5. The molecular formula is C8H14O5. The fraction of sp³-hybridized carbons (Fsp3) is 0.875. The van der Waals surface area contributed by atoms with Gasteiger partial charge in [0, 0.05) is 6.61 Å². The maximum atomic E-state index is 10.5. The third kappa shape index (κ3) is 2.65. The van der Waals surface area contributed by atoms with E-state index in [0.29, 0.717) is 12.8 Å². The predicted octanol–water partition coefficient (Wildman–Crippen LogP) is -0.638. The molecule has 0 aromatic heterocycles. The van der Waals surface area contributed by atoms with E-state index in [1.807, 2.05) is 0 Å². The van der Waals surface area contributed by atoms with Gasteiger partial charge in [0.2, 0.25) is 0 Å². The summed E-state index contributed by atoms with van der Waals surface area (Å²) in [7, 11) is 0. The Kier molecular flexibility index (Phi) is 3.65. The lowest BCUT2D eigenvalue weighted by Gasteiger charge is -2.31. The Morgan fingerprint density at radius 2 is 2.15 bits per heavy atom. The van der Waals surface area contributed by atoms with Crippen molar-refractivity contribution in [3.05, 3.63) is 0 Å². The van der Waals surface area contributed by atoms with Crippen molar-refractivity contribution >= 4 is 5.97 Å². The molecule has 0 aromatic carbocycles. The third-order valence-corrected chi connectivity index (χ3v) is 2.18. The van der Waals surface area contributed by atoms with E-state index in [1.165, 1.54) is 0 Å². The van der Waals surface area contributed by atoms with Crippen LogP contribution in [0.25, 0.3) is 0 Å². The van der Waals surface area contributed by atoms with Crippen LogP contribution in [0.2, 0.25) is 0 Å². The van der Waals surface area contributed by atoms with Crippen LogP contribution < -0.4 is 0 Å². The first-order valence-corrected chi connectivity index (χ1v) is 4.32. The highest BCUT2D eigenvalue weighted by atomic mass is 16.5. The number of aliphatic hydroxyl groups excluding tert-OH is 2. The molecule has 1 saturated heterocycles. The van der Waals surface area contributed by atoms with E-state index in [1.54, 1.807) is 0 Å². The summed E-state index contributed by atoms with van der Waals surface area (Å²) in [5.41, 5.74) is 0. The van der Waals surface area contributed by atoms with Crippen molar-refractivity contribution < 1.29 is 24.9 Å². The van der Waals surface area contributed by atoms with Gasteiger partial charge in [0.15, 0.2) is 6.10 Å². The number of ether oxygens (including phenoxy) is 1. The Labute approximate surface area is 75.9 Å². The molecular weight excluding hydrogens is 176 g/mol. The minimum absolute atomic E-state index is 0.103. The standard InChI is InChI=1S/C8H14O5/c9-4-3-6-5(10)1-2-7(13-6)8(11)12/h5-7,9-10H,1-4H2,(H,11,12). The second-order valence-corrected chi connectivity index (χ2v) is 3.16. The van der Waals surface area contributed by atoms with Crippen LogP contribution in [0.4, 0.5) is 0 Å². The highest BCUT2D eigenvalue weighted by Gasteiger charge is 2.32. The highest BCUT2D eigenvalue weighted by molar-refractivity contribution is 5.72. The number of aliphatic carboxylic acids is 1. The SMILES string of the molecule is O=C(O)C1CCC(O)C(CCO)O1. The fourth-order valence-electron chi connectivity index (χ4n) is 1.45. The molecule has 0 spiro atoms. The summed E-state index contributed by atoms with van der Waals surface area (Å²) >= 11 is 0. The van der Waals surface area contributed by atoms with Crippen molar-refractivity contribution in [2.75, 3.05) is 6.61 Å². The van der Waals surface area contributed by atoms with E-state index in [4.69, 9.17) is 14.9 Å². The molecule has 5 heteroatoms. The van der Waals surface area contributed by atoms with Crippen LogP contribution in [0.15, 0.2) is 0 Å².